The standard InChI is InChI=1S/C12H18N4O2/c1-9-10(11(17)18)8-13-12(14-9)16-5-3-4-15(2)6-7-16/h8H,3-7H2,1-2H3,(H,17,18). The first-order chi connectivity index (χ1) is 8.58. The van der Waals surface area contributed by atoms with Crippen molar-refractivity contribution in [3.05, 3.63) is 17.5 Å². The summed E-state index contributed by atoms with van der Waals surface area (Å²) in [7, 11) is 2.10. The molecule has 0 unspecified atom stereocenters. The van der Waals surface area contributed by atoms with Gasteiger partial charge >= 0.3 is 5.97 Å². The van der Waals surface area contributed by atoms with Crippen LogP contribution in [0.3, 0.4) is 0 Å². The van der Waals surface area contributed by atoms with Gasteiger partial charge in [-0.1, -0.05) is 0 Å². The SMILES string of the molecule is Cc1nc(N2CCCN(C)CC2)ncc1C(=O)O. The van der Waals surface area contributed by atoms with Gasteiger partial charge in [-0.25, -0.2) is 14.8 Å². The molecule has 1 N–H and O–H groups in total. The fourth-order valence-corrected chi connectivity index (χ4v) is 2.06. The summed E-state index contributed by atoms with van der Waals surface area (Å²) in [6.45, 7) is 5.54. The van der Waals surface area contributed by atoms with Crippen molar-refractivity contribution in [2.75, 3.05) is 38.1 Å². The van der Waals surface area contributed by atoms with Crippen molar-refractivity contribution in [1.29, 1.82) is 0 Å². The lowest BCUT2D eigenvalue weighted by atomic mass is 10.2. The predicted molar refractivity (Wildman–Crippen MR) is 68.1 cm³/mol. The number of rotatable bonds is 2. The Labute approximate surface area is 106 Å². The first-order valence-corrected chi connectivity index (χ1v) is 6.08. The topological polar surface area (TPSA) is 69.6 Å². The van der Waals surface area contributed by atoms with E-state index in [0.717, 1.165) is 32.6 Å². The van der Waals surface area contributed by atoms with Gasteiger partial charge in [0, 0.05) is 25.8 Å². The summed E-state index contributed by atoms with van der Waals surface area (Å²) in [5.74, 6) is -0.345. The zero-order valence-electron chi connectivity index (χ0n) is 10.8. The average Bonchev–Trinajstić information content (AvgIpc) is 2.53. The third kappa shape index (κ3) is 2.76. The van der Waals surface area contributed by atoms with Gasteiger partial charge in [0.15, 0.2) is 0 Å². The van der Waals surface area contributed by atoms with Crippen LogP contribution in [-0.2, 0) is 0 Å². The normalized spacial score (nSPS) is 17.6. The molecule has 6 nitrogen and oxygen atoms in total. The van der Waals surface area contributed by atoms with Crippen LogP contribution in [0.25, 0.3) is 0 Å². The van der Waals surface area contributed by atoms with Crippen LogP contribution in [-0.4, -0.2) is 59.2 Å². The number of nitrogens with zero attached hydrogens (tertiary/aromatic N) is 4. The highest BCUT2D eigenvalue weighted by atomic mass is 16.4. The van der Waals surface area contributed by atoms with Crippen molar-refractivity contribution in [2.45, 2.75) is 13.3 Å². The molecule has 0 radical (unpaired) electrons. The summed E-state index contributed by atoms with van der Waals surface area (Å²) >= 11 is 0. The van der Waals surface area contributed by atoms with Crippen LogP contribution in [0.15, 0.2) is 6.20 Å². The second-order valence-corrected chi connectivity index (χ2v) is 4.62. The Hall–Kier alpha value is -1.69. The van der Waals surface area contributed by atoms with Gasteiger partial charge in [0.1, 0.15) is 0 Å². The van der Waals surface area contributed by atoms with Crippen LogP contribution >= 0.6 is 0 Å². The quantitative estimate of drug-likeness (QED) is 0.830. The van der Waals surface area contributed by atoms with Crippen molar-refractivity contribution >= 4 is 11.9 Å². The Balaban J connectivity index is 2.18. The Morgan fingerprint density at radius 2 is 2.11 bits per heavy atom. The minimum atomic E-state index is -0.977. The number of aromatic nitrogens is 2. The zero-order chi connectivity index (χ0) is 13.1. The fraction of sp³-hybridized carbons (Fsp3) is 0.583. The van der Waals surface area contributed by atoms with E-state index < -0.39 is 5.97 Å². The minimum Gasteiger partial charge on any atom is -0.478 e. The van der Waals surface area contributed by atoms with Crippen LogP contribution in [0.5, 0.6) is 0 Å². The molecule has 1 aliphatic heterocycles. The number of likely N-dealkylation sites (N-methyl/N-ethyl adjacent to an activating group) is 1. The first kappa shape index (κ1) is 12.8. The Kier molecular flexibility index (Phi) is 3.76. The molecule has 0 saturated carbocycles. The fourth-order valence-electron chi connectivity index (χ4n) is 2.06. The van der Waals surface area contributed by atoms with E-state index in [1.54, 1.807) is 6.92 Å². The first-order valence-electron chi connectivity index (χ1n) is 6.08. The van der Waals surface area contributed by atoms with Gasteiger partial charge < -0.3 is 14.9 Å². The number of carbonyl (C=O) groups is 1. The van der Waals surface area contributed by atoms with E-state index >= 15 is 0 Å². The molecule has 1 saturated heterocycles. The van der Waals surface area contributed by atoms with Gasteiger partial charge in [-0.3, -0.25) is 0 Å². The molecular weight excluding hydrogens is 232 g/mol. The molecule has 1 aliphatic rings. The Bertz CT molecular complexity index is 450. The largest absolute Gasteiger partial charge is 0.478 e. The predicted octanol–water partition coefficient (Wildman–Crippen LogP) is 0.625. The highest BCUT2D eigenvalue weighted by molar-refractivity contribution is 5.88. The van der Waals surface area contributed by atoms with Crippen LogP contribution < -0.4 is 4.90 Å². The average molecular weight is 250 g/mol. The van der Waals surface area contributed by atoms with Gasteiger partial charge in [0.2, 0.25) is 5.95 Å². The van der Waals surface area contributed by atoms with E-state index in [4.69, 9.17) is 5.11 Å². The Morgan fingerprint density at radius 3 is 2.78 bits per heavy atom. The molecule has 6 heteroatoms. The molecule has 0 bridgehead atoms. The lowest BCUT2D eigenvalue weighted by molar-refractivity contribution is 0.0695. The molecule has 0 spiro atoms. The van der Waals surface area contributed by atoms with E-state index in [9.17, 15) is 4.79 Å². The molecule has 98 valence electrons. The highest BCUT2D eigenvalue weighted by Crippen LogP contribution is 2.13. The zero-order valence-corrected chi connectivity index (χ0v) is 10.8. The van der Waals surface area contributed by atoms with E-state index in [1.165, 1.54) is 6.20 Å². The van der Waals surface area contributed by atoms with Crippen molar-refractivity contribution in [1.82, 2.24) is 14.9 Å². The number of aromatic carboxylic acids is 1. The number of carboxylic acids is 1. The van der Waals surface area contributed by atoms with Crippen LogP contribution in [0.2, 0.25) is 0 Å². The molecule has 1 aromatic rings. The summed E-state index contributed by atoms with van der Waals surface area (Å²) in [6.07, 6.45) is 2.47. The summed E-state index contributed by atoms with van der Waals surface area (Å²) in [4.78, 5) is 23.8. The van der Waals surface area contributed by atoms with Crippen molar-refractivity contribution in [2.24, 2.45) is 0 Å². The second-order valence-electron chi connectivity index (χ2n) is 4.62. The molecule has 0 atom stereocenters. The maximum absolute atomic E-state index is 10.9. The molecule has 2 heterocycles. The van der Waals surface area contributed by atoms with Crippen molar-refractivity contribution in [3.63, 3.8) is 0 Å². The molecule has 2 rings (SSSR count). The summed E-state index contributed by atoms with van der Waals surface area (Å²) in [5, 5.41) is 8.95. The maximum atomic E-state index is 10.9. The summed E-state index contributed by atoms with van der Waals surface area (Å²) in [5.41, 5.74) is 0.691. The third-order valence-electron chi connectivity index (χ3n) is 3.20. The number of anilines is 1. The second kappa shape index (κ2) is 5.30. The third-order valence-corrected chi connectivity index (χ3v) is 3.20. The summed E-state index contributed by atoms with van der Waals surface area (Å²) in [6, 6.07) is 0. The smallest absolute Gasteiger partial charge is 0.339 e. The highest BCUT2D eigenvalue weighted by Gasteiger charge is 2.17. The molecule has 0 aromatic carbocycles. The maximum Gasteiger partial charge on any atom is 0.339 e. The van der Waals surface area contributed by atoms with Crippen LogP contribution in [0.1, 0.15) is 22.5 Å². The number of hydrogen-bond donors (Lipinski definition) is 1. The van der Waals surface area contributed by atoms with Crippen LogP contribution in [0, 0.1) is 6.92 Å². The molecule has 0 aliphatic carbocycles. The van der Waals surface area contributed by atoms with Crippen molar-refractivity contribution < 1.29 is 9.90 Å². The lowest BCUT2D eigenvalue weighted by Crippen LogP contribution is -2.30. The number of aryl methyl sites for hydroxylation is 1. The van der Waals surface area contributed by atoms with Gasteiger partial charge in [-0.05, 0) is 26.9 Å². The van der Waals surface area contributed by atoms with E-state index in [2.05, 4.69) is 26.8 Å². The molecular formula is C12H18N4O2. The van der Waals surface area contributed by atoms with Gasteiger partial charge in [-0.2, -0.15) is 0 Å². The molecule has 18 heavy (non-hydrogen) atoms. The monoisotopic (exact) mass is 250 g/mol. The van der Waals surface area contributed by atoms with E-state index in [0.29, 0.717) is 11.6 Å². The lowest BCUT2D eigenvalue weighted by Gasteiger charge is -2.20. The van der Waals surface area contributed by atoms with Gasteiger partial charge in [-0.15, -0.1) is 0 Å². The van der Waals surface area contributed by atoms with Crippen molar-refractivity contribution in [3.8, 4) is 0 Å². The number of hydrogen-bond acceptors (Lipinski definition) is 5. The number of carboxylic acid groups (broad SMARTS) is 1. The molecule has 1 aromatic heterocycles. The minimum absolute atomic E-state index is 0.172. The van der Waals surface area contributed by atoms with Gasteiger partial charge in [0.05, 0.1) is 11.3 Å². The summed E-state index contributed by atoms with van der Waals surface area (Å²) < 4.78 is 0. The van der Waals surface area contributed by atoms with Gasteiger partial charge in [0.25, 0.3) is 0 Å². The van der Waals surface area contributed by atoms with E-state index in [1.807, 2.05) is 0 Å². The van der Waals surface area contributed by atoms with E-state index in [-0.39, 0.29) is 5.56 Å². The molecule has 0 amide bonds. The molecule has 1 fully saturated rings. The van der Waals surface area contributed by atoms with Crippen LogP contribution in [0.4, 0.5) is 5.95 Å². The Morgan fingerprint density at radius 1 is 1.33 bits per heavy atom.